The van der Waals surface area contributed by atoms with Crippen LogP contribution in [0.4, 0.5) is 0 Å². The number of nitrogens with one attached hydrogen (secondary N) is 1. The largest absolute Gasteiger partial charge is 0.486 e. The van der Waals surface area contributed by atoms with Gasteiger partial charge in [0.25, 0.3) is 0 Å². The van der Waals surface area contributed by atoms with Crippen LogP contribution in [-0.2, 0) is 6.42 Å². The molecule has 3 nitrogen and oxygen atoms in total. The molecule has 0 radical (unpaired) electrons. The monoisotopic (exact) mass is 263 g/mol. The van der Waals surface area contributed by atoms with Crippen molar-refractivity contribution in [2.24, 2.45) is 5.92 Å². The van der Waals surface area contributed by atoms with Gasteiger partial charge >= 0.3 is 0 Å². The second-order valence-corrected chi connectivity index (χ2v) is 5.42. The molecule has 19 heavy (non-hydrogen) atoms. The molecular formula is C16H25NO2. The minimum absolute atomic E-state index is 0.582. The lowest BCUT2D eigenvalue weighted by molar-refractivity contribution is 0.171. The van der Waals surface area contributed by atoms with Crippen LogP contribution in [0.3, 0.4) is 0 Å². The first-order valence-corrected chi connectivity index (χ1v) is 7.32. The van der Waals surface area contributed by atoms with E-state index in [4.69, 9.17) is 9.47 Å². The Balaban J connectivity index is 1.95. The average molecular weight is 263 g/mol. The van der Waals surface area contributed by atoms with Crippen molar-refractivity contribution >= 4 is 0 Å². The van der Waals surface area contributed by atoms with Crippen LogP contribution in [-0.4, -0.2) is 25.8 Å². The van der Waals surface area contributed by atoms with Crippen LogP contribution in [0, 0.1) is 5.92 Å². The maximum Gasteiger partial charge on any atom is 0.161 e. The van der Waals surface area contributed by atoms with Crippen LogP contribution >= 0.6 is 0 Å². The van der Waals surface area contributed by atoms with Crippen molar-refractivity contribution in [1.29, 1.82) is 0 Å². The molecule has 1 aliphatic rings. The van der Waals surface area contributed by atoms with Gasteiger partial charge in [0.1, 0.15) is 13.2 Å². The predicted molar refractivity (Wildman–Crippen MR) is 78.1 cm³/mol. The summed E-state index contributed by atoms with van der Waals surface area (Å²) < 4.78 is 11.2. The Morgan fingerprint density at radius 2 is 1.89 bits per heavy atom. The second kappa shape index (κ2) is 6.80. The zero-order valence-electron chi connectivity index (χ0n) is 12.2. The van der Waals surface area contributed by atoms with Crippen molar-refractivity contribution in [2.45, 2.75) is 39.7 Å². The number of benzene rings is 1. The number of aryl methyl sites for hydroxylation is 1. The minimum Gasteiger partial charge on any atom is -0.486 e. The highest BCUT2D eigenvalue weighted by atomic mass is 16.6. The molecule has 0 amide bonds. The molecule has 0 bridgehead atoms. The molecule has 3 heteroatoms. The van der Waals surface area contributed by atoms with Crippen molar-refractivity contribution in [1.82, 2.24) is 5.32 Å². The van der Waals surface area contributed by atoms with Gasteiger partial charge < -0.3 is 14.8 Å². The van der Waals surface area contributed by atoms with Gasteiger partial charge in [0, 0.05) is 6.04 Å². The summed E-state index contributed by atoms with van der Waals surface area (Å²) in [6, 6.07) is 6.88. The van der Waals surface area contributed by atoms with Crippen LogP contribution in [0.1, 0.15) is 32.8 Å². The number of hydrogen-bond donors (Lipinski definition) is 1. The zero-order valence-corrected chi connectivity index (χ0v) is 12.2. The zero-order chi connectivity index (χ0) is 13.7. The normalized spacial score (nSPS) is 15.6. The average Bonchev–Trinajstić information content (AvgIpc) is 2.43. The molecule has 1 N–H and O–H groups in total. The third kappa shape index (κ3) is 3.87. The highest BCUT2D eigenvalue weighted by Crippen LogP contribution is 2.31. The fourth-order valence-corrected chi connectivity index (χ4v) is 2.50. The molecule has 1 unspecified atom stereocenters. The van der Waals surface area contributed by atoms with Gasteiger partial charge in [-0.05, 0) is 43.0 Å². The maximum absolute atomic E-state index is 5.63. The van der Waals surface area contributed by atoms with Gasteiger partial charge in [0.2, 0.25) is 0 Å². The molecule has 0 fully saturated rings. The first-order chi connectivity index (χ1) is 9.20. The van der Waals surface area contributed by atoms with Gasteiger partial charge in [-0.15, -0.1) is 0 Å². The number of fused-ring (bicyclic) bond motifs is 1. The second-order valence-electron chi connectivity index (χ2n) is 5.42. The van der Waals surface area contributed by atoms with E-state index >= 15 is 0 Å². The van der Waals surface area contributed by atoms with Crippen molar-refractivity contribution in [3.8, 4) is 11.5 Å². The van der Waals surface area contributed by atoms with Crippen molar-refractivity contribution in [3.63, 3.8) is 0 Å². The summed E-state index contributed by atoms with van der Waals surface area (Å²) in [6.07, 6.45) is 2.23. The molecular weight excluding hydrogens is 238 g/mol. The van der Waals surface area contributed by atoms with Gasteiger partial charge in [0.15, 0.2) is 11.5 Å². The van der Waals surface area contributed by atoms with Crippen LogP contribution in [0.25, 0.3) is 0 Å². The minimum atomic E-state index is 0.582. The number of hydrogen-bond acceptors (Lipinski definition) is 3. The van der Waals surface area contributed by atoms with Crippen molar-refractivity contribution in [3.05, 3.63) is 23.8 Å². The fraction of sp³-hybridized carbons (Fsp3) is 0.625. The molecule has 0 aromatic heterocycles. The molecule has 1 aliphatic heterocycles. The van der Waals surface area contributed by atoms with E-state index in [9.17, 15) is 0 Å². The topological polar surface area (TPSA) is 30.5 Å². The Morgan fingerprint density at radius 1 is 1.16 bits per heavy atom. The van der Waals surface area contributed by atoms with E-state index in [-0.39, 0.29) is 0 Å². The van der Waals surface area contributed by atoms with Crippen LogP contribution < -0.4 is 14.8 Å². The summed E-state index contributed by atoms with van der Waals surface area (Å²) in [5, 5.41) is 3.56. The lowest BCUT2D eigenvalue weighted by Crippen LogP contribution is -2.34. The SMILES string of the molecule is CCNC(CCc1ccc2c(c1)OCCO2)C(C)C. The molecule has 0 spiro atoms. The van der Waals surface area contributed by atoms with Crippen LogP contribution in [0.15, 0.2) is 18.2 Å². The molecule has 0 saturated heterocycles. The van der Waals surface area contributed by atoms with Gasteiger partial charge in [0.05, 0.1) is 0 Å². The van der Waals surface area contributed by atoms with E-state index in [0.717, 1.165) is 30.9 Å². The van der Waals surface area contributed by atoms with E-state index in [0.29, 0.717) is 25.2 Å². The molecule has 1 aromatic rings. The molecule has 1 aromatic carbocycles. The summed E-state index contributed by atoms with van der Waals surface area (Å²) in [5.74, 6) is 2.44. The van der Waals surface area contributed by atoms with Crippen LogP contribution in [0.2, 0.25) is 0 Å². The molecule has 2 rings (SSSR count). The lowest BCUT2D eigenvalue weighted by Gasteiger charge is -2.22. The molecule has 1 atom stereocenters. The lowest BCUT2D eigenvalue weighted by atomic mass is 9.96. The summed E-state index contributed by atoms with van der Waals surface area (Å²) in [7, 11) is 0. The number of ether oxygens (including phenoxy) is 2. The van der Waals surface area contributed by atoms with E-state index in [1.165, 1.54) is 5.56 Å². The van der Waals surface area contributed by atoms with Crippen LogP contribution in [0.5, 0.6) is 11.5 Å². The van der Waals surface area contributed by atoms with Gasteiger partial charge in [-0.3, -0.25) is 0 Å². The molecule has 0 aliphatic carbocycles. The standard InChI is InChI=1S/C16H25NO2/c1-4-17-14(12(2)3)7-5-13-6-8-15-16(11-13)19-10-9-18-15/h6,8,11-12,14,17H,4-5,7,9-10H2,1-3H3. The molecule has 106 valence electrons. The van der Waals surface area contributed by atoms with E-state index in [1.807, 2.05) is 6.07 Å². The predicted octanol–water partition coefficient (Wildman–Crippen LogP) is 3.02. The summed E-state index contributed by atoms with van der Waals surface area (Å²) in [4.78, 5) is 0. The van der Waals surface area contributed by atoms with E-state index < -0.39 is 0 Å². The first kappa shape index (κ1) is 14.2. The smallest absolute Gasteiger partial charge is 0.161 e. The quantitative estimate of drug-likeness (QED) is 0.855. The Labute approximate surface area is 116 Å². The molecule has 1 heterocycles. The summed E-state index contributed by atoms with van der Waals surface area (Å²) >= 11 is 0. The highest BCUT2D eigenvalue weighted by Gasteiger charge is 2.14. The van der Waals surface area contributed by atoms with Gasteiger partial charge in [-0.2, -0.15) is 0 Å². The first-order valence-electron chi connectivity index (χ1n) is 7.32. The molecule has 0 saturated carbocycles. The van der Waals surface area contributed by atoms with Gasteiger partial charge in [-0.1, -0.05) is 26.8 Å². The third-order valence-electron chi connectivity index (χ3n) is 3.62. The Kier molecular flexibility index (Phi) is 5.08. The third-order valence-corrected chi connectivity index (χ3v) is 3.62. The Bertz CT molecular complexity index is 404. The van der Waals surface area contributed by atoms with E-state index in [1.54, 1.807) is 0 Å². The van der Waals surface area contributed by atoms with E-state index in [2.05, 4.69) is 38.2 Å². The highest BCUT2D eigenvalue weighted by molar-refractivity contribution is 5.43. The van der Waals surface area contributed by atoms with Crippen molar-refractivity contribution in [2.75, 3.05) is 19.8 Å². The van der Waals surface area contributed by atoms with Gasteiger partial charge in [-0.25, -0.2) is 0 Å². The maximum atomic E-state index is 5.63. The number of rotatable bonds is 6. The Morgan fingerprint density at radius 3 is 2.58 bits per heavy atom. The summed E-state index contributed by atoms with van der Waals surface area (Å²) in [5.41, 5.74) is 1.33. The fourth-order valence-electron chi connectivity index (χ4n) is 2.50. The van der Waals surface area contributed by atoms with Crippen molar-refractivity contribution < 1.29 is 9.47 Å². The Hall–Kier alpha value is -1.22. The summed E-state index contributed by atoms with van der Waals surface area (Å²) in [6.45, 7) is 9.06.